The summed E-state index contributed by atoms with van der Waals surface area (Å²) in [5, 5.41) is 3.04. The van der Waals surface area contributed by atoms with Gasteiger partial charge >= 0.3 is 0 Å². The van der Waals surface area contributed by atoms with Crippen LogP contribution in [0.15, 0.2) is 0 Å². The lowest BCUT2D eigenvalue weighted by Gasteiger charge is -2.29. The van der Waals surface area contributed by atoms with Crippen LogP contribution >= 0.6 is 0 Å². The maximum atomic E-state index is 11.4. The zero-order valence-electron chi connectivity index (χ0n) is 11.0. The van der Waals surface area contributed by atoms with Gasteiger partial charge in [-0.05, 0) is 58.5 Å². The first-order valence-corrected chi connectivity index (χ1v) is 6.78. The van der Waals surface area contributed by atoms with Crippen molar-refractivity contribution in [1.29, 1.82) is 0 Å². The van der Waals surface area contributed by atoms with Gasteiger partial charge in [-0.25, -0.2) is 0 Å². The second-order valence-electron chi connectivity index (χ2n) is 5.88. The van der Waals surface area contributed by atoms with Crippen molar-refractivity contribution in [1.82, 2.24) is 10.2 Å². The number of hydrogen-bond donors (Lipinski definition) is 2. The van der Waals surface area contributed by atoms with E-state index in [-0.39, 0.29) is 5.91 Å². The topological polar surface area (TPSA) is 58.4 Å². The molecule has 0 spiro atoms. The van der Waals surface area contributed by atoms with E-state index in [2.05, 4.69) is 10.2 Å². The van der Waals surface area contributed by atoms with Crippen LogP contribution in [0.2, 0.25) is 0 Å². The fraction of sp³-hybridized carbons (Fsp3) is 0.923. The van der Waals surface area contributed by atoms with E-state index in [1.54, 1.807) is 0 Å². The molecule has 0 radical (unpaired) electrons. The Morgan fingerprint density at radius 2 is 2.29 bits per heavy atom. The van der Waals surface area contributed by atoms with Gasteiger partial charge in [-0.2, -0.15) is 0 Å². The molecule has 2 rings (SSSR count). The Labute approximate surface area is 104 Å². The smallest absolute Gasteiger partial charge is 0.237 e. The molecule has 4 heteroatoms. The number of nitrogens with two attached hydrogens (primary N) is 1. The number of primary amides is 1. The molecule has 2 aliphatic rings. The van der Waals surface area contributed by atoms with Crippen LogP contribution in [0.1, 0.15) is 39.0 Å². The van der Waals surface area contributed by atoms with Crippen molar-refractivity contribution in [2.75, 3.05) is 20.1 Å². The van der Waals surface area contributed by atoms with Crippen LogP contribution in [0.5, 0.6) is 0 Å². The highest BCUT2D eigenvalue weighted by atomic mass is 16.1. The fourth-order valence-corrected chi connectivity index (χ4v) is 3.31. The summed E-state index contributed by atoms with van der Waals surface area (Å²) in [5.74, 6) is 0.703. The normalized spacial score (nSPS) is 31.6. The van der Waals surface area contributed by atoms with Crippen molar-refractivity contribution in [3.05, 3.63) is 0 Å². The maximum Gasteiger partial charge on any atom is 0.237 e. The van der Waals surface area contributed by atoms with Gasteiger partial charge in [0.15, 0.2) is 0 Å². The summed E-state index contributed by atoms with van der Waals surface area (Å²) >= 11 is 0. The van der Waals surface area contributed by atoms with Crippen LogP contribution in [-0.2, 0) is 4.79 Å². The Balaban J connectivity index is 1.74. The predicted octanol–water partition coefficient (Wildman–Crippen LogP) is 0.714. The number of hydrogen-bond acceptors (Lipinski definition) is 3. The first kappa shape index (κ1) is 12.8. The molecule has 1 amide bonds. The summed E-state index contributed by atoms with van der Waals surface area (Å²) in [4.78, 5) is 14.0. The number of likely N-dealkylation sites (N-methyl/N-ethyl adjacent to an activating group) is 1. The van der Waals surface area contributed by atoms with Crippen molar-refractivity contribution in [3.8, 4) is 0 Å². The van der Waals surface area contributed by atoms with Gasteiger partial charge < -0.3 is 16.0 Å². The lowest BCUT2D eigenvalue weighted by molar-refractivity contribution is -0.123. The fourth-order valence-electron chi connectivity index (χ4n) is 3.31. The standard InChI is InChI=1S/C13H25N3O/c1-13(15-2,12(14)17)6-3-7-16-9-10-4-5-11(16)8-10/h10-11,15H,3-9H2,1-2H3,(H2,14,17). The lowest BCUT2D eigenvalue weighted by Crippen LogP contribution is -2.51. The van der Waals surface area contributed by atoms with Crippen molar-refractivity contribution in [2.45, 2.75) is 50.6 Å². The number of carbonyl (C=O) groups excluding carboxylic acids is 1. The third-order valence-corrected chi connectivity index (χ3v) is 4.74. The molecule has 2 bridgehead atoms. The monoisotopic (exact) mass is 239 g/mol. The van der Waals surface area contributed by atoms with Crippen LogP contribution in [0.3, 0.4) is 0 Å². The molecular weight excluding hydrogens is 214 g/mol. The van der Waals surface area contributed by atoms with E-state index >= 15 is 0 Å². The van der Waals surface area contributed by atoms with Crippen LogP contribution in [0, 0.1) is 5.92 Å². The van der Waals surface area contributed by atoms with E-state index in [0.29, 0.717) is 0 Å². The number of amides is 1. The van der Waals surface area contributed by atoms with Gasteiger partial charge in [-0.1, -0.05) is 0 Å². The minimum Gasteiger partial charge on any atom is -0.368 e. The Morgan fingerprint density at radius 3 is 2.76 bits per heavy atom. The maximum absolute atomic E-state index is 11.4. The van der Waals surface area contributed by atoms with Crippen LogP contribution in [-0.4, -0.2) is 42.5 Å². The number of rotatable bonds is 6. The number of carbonyl (C=O) groups is 1. The number of nitrogens with zero attached hydrogens (tertiary/aromatic N) is 1. The van der Waals surface area contributed by atoms with E-state index in [4.69, 9.17) is 5.73 Å². The highest BCUT2D eigenvalue weighted by Gasteiger charge is 2.37. The third kappa shape index (κ3) is 2.63. The van der Waals surface area contributed by atoms with Gasteiger partial charge in [-0.15, -0.1) is 0 Å². The highest BCUT2D eigenvalue weighted by Crippen LogP contribution is 2.37. The number of fused-ring (bicyclic) bond motifs is 2. The number of likely N-dealkylation sites (tertiary alicyclic amines) is 1. The molecule has 0 aromatic rings. The summed E-state index contributed by atoms with van der Waals surface area (Å²) in [6, 6.07) is 0.828. The summed E-state index contributed by atoms with van der Waals surface area (Å²) in [6.07, 6.45) is 6.08. The first-order chi connectivity index (χ1) is 8.05. The molecular formula is C13H25N3O. The van der Waals surface area contributed by atoms with Crippen molar-refractivity contribution in [2.24, 2.45) is 11.7 Å². The molecule has 2 fully saturated rings. The molecule has 0 aromatic heterocycles. The quantitative estimate of drug-likeness (QED) is 0.718. The average Bonchev–Trinajstić information content (AvgIpc) is 2.90. The van der Waals surface area contributed by atoms with Crippen LogP contribution in [0.4, 0.5) is 0 Å². The van der Waals surface area contributed by atoms with Gasteiger partial charge in [0, 0.05) is 12.6 Å². The minimum atomic E-state index is -0.543. The second kappa shape index (κ2) is 4.94. The minimum absolute atomic E-state index is 0.247. The van der Waals surface area contributed by atoms with Crippen molar-refractivity contribution < 1.29 is 4.79 Å². The van der Waals surface area contributed by atoms with Crippen molar-refractivity contribution in [3.63, 3.8) is 0 Å². The Kier molecular flexibility index (Phi) is 3.73. The average molecular weight is 239 g/mol. The Morgan fingerprint density at radius 1 is 1.53 bits per heavy atom. The predicted molar refractivity (Wildman–Crippen MR) is 68.6 cm³/mol. The summed E-state index contributed by atoms with van der Waals surface area (Å²) in [5.41, 5.74) is 4.88. The van der Waals surface area contributed by atoms with E-state index < -0.39 is 5.54 Å². The Bertz CT molecular complexity index is 294. The SMILES string of the molecule is CNC(C)(CCCN1CC2CCC1C2)C(N)=O. The van der Waals surface area contributed by atoms with Gasteiger partial charge in [0.2, 0.25) is 5.91 Å². The molecule has 98 valence electrons. The van der Waals surface area contributed by atoms with E-state index in [9.17, 15) is 4.79 Å². The lowest BCUT2D eigenvalue weighted by atomic mass is 9.95. The third-order valence-electron chi connectivity index (χ3n) is 4.74. The molecule has 3 N–H and O–H groups in total. The molecule has 0 aromatic carbocycles. The molecule has 4 nitrogen and oxygen atoms in total. The summed E-state index contributed by atoms with van der Waals surface area (Å²) in [6.45, 7) is 4.29. The number of piperidine rings is 1. The van der Waals surface area contributed by atoms with Gasteiger partial charge in [0.05, 0.1) is 5.54 Å². The zero-order valence-corrected chi connectivity index (χ0v) is 11.0. The second-order valence-corrected chi connectivity index (χ2v) is 5.88. The van der Waals surface area contributed by atoms with E-state index in [0.717, 1.165) is 31.3 Å². The van der Waals surface area contributed by atoms with E-state index in [1.165, 1.54) is 25.8 Å². The van der Waals surface area contributed by atoms with Gasteiger partial charge in [-0.3, -0.25) is 4.79 Å². The molecule has 1 heterocycles. The Hall–Kier alpha value is -0.610. The largest absolute Gasteiger partial charge is 0.368 e. The molecule has 3 unspecified atom stereocenters. The van der Waals surface area contributed by atoms with Gasteiger partial charge in [0.1, 0.15) is 0 Å². The molecule has 1 saturated carbocycles. The summed E-state index contributed by atoms with van der Waals surface area (Å²) < 4.78 is 0. The highest BCUT2D eigenvalue weighted by molar-refractivity contribution is 5.84. The molecule has 1 aliphatic heterocycles. The molecule has 1 saturated heterocycles. The van der Waals surface area contributed by atoms with Crippen molar-refractivity contribution >= 4 is 5.91 Å². The van der Waals surface area contributed by atoms with Crippen LogP contribution < -0.4 is 11.1 Å². The molecule has 3 atom stereocenters. The summed E-state index contributed by atoms with van der Waals surface area (Å²) in [7, 11) is 1.81. The molecule has 17 heavy (non-hydrogen) atoms. The van der Waals surface area contributed by atoms with Crippen LogP contribution in [0.25, 0.3) is 0 Å². The number of nitrogens with one attached hydrogen (secondary N) is 1. The first-order valence-electron chi connectivity index (χ1n) is 6.78. The van der Waals surface area contributed by atoms with E-state index in [1.807, 2.05) is 14.0 Å². The molecule has 1 aliphatic carbocycles. The zero-order chi connectivity index (χ0) is 12.5. The van der Waals surface area contributed by atoms with Gasteiger partial charge in [0.25, 0.3) is 0 Å².